The van der Waals surface area contributed by atoms with E-state index in [1.165, 1.54) is 0 Å². The number of hydrogen-bond donors (Lipinski definition) is 2. The van der Waals surface area contributed by atoms with Crippen molar-refractivity contribution >= 4 is 28.6 Å². The lowest BCUT2D eigenvalue weighted by molar-refractivity contribution is 0.0927. The van der Waals surface area contributed by atoms with Gasteiger partial charge in [-0.1, -0.05) is 11.8 Å². The molecule has 1 aliphatic rings. The van der Waals surface area contributed by atoms with Gasteiger partial charge in [-0.25, -0.2) is 8.78 Å². The van der Waals surface area contributed by atoms with E-state index in [4.69, 9.17) is 0 Å². The van der Waals surface area contributed by atoms with Crippen molar-refractivity contribution in [3.63, 3.8) is 0 Å². The van der Waals surface area contributed by atoms with Crippen LogP contribution in [0.15, 0.2) is 52.4 Å². The molecule has 31 heavy (non-hydrogen) atoms. The van der Waals surface area contributed by atoms with E-state index in [0.29, 0.717) is 24.1 Å². The van der Waals surface area contributed by atoms with Crippen LogP contribution in [0.5, 0.6) is 0 Å². The second kappa shape index (κ2) is 7.53. The van der Waals surface area contributed by atoms with E-state index < -0.39 is 17.7 Å². The number of H-pyrrole nitrogens is 1. The summed E-state index contributed by atoms with van der Waals surface area (Å²) in [4.78, 5) is 15.0. The molecule has 0 saturated carbocycles. The molecular formula is C23H20F2N4OS. The standard InChI is InChI=1S/C23H20F2N4OS/c1-12-21(31-14-3-7-18-13(9-14)11-26-28-18)10-20(29(12)2)23(30)27-19-8-4-15-16(24)5-6-17(25)22(15)19/h3,5-7,9-11,19H,4,8H2,1-2H3,(H,26,28)(H,27,30). The van der Waals surface area contributed by atoms with Crippen molar-refractivity contribution in [1.29, 1.82) is 0 Å². The second-order valence-electron chi connectivity index (χ2n) is 7.75. The van der Waals surface area contributed by atoms with E-state index in [0.717, 1.165) is 38.5 Å². The summed E-state index contributed by atoms with van der Waals surface area (Å²) in [6.07, 6.45) is 2.67. The molecule has 2 aromatic carbocycles. The van der Waals surface area contributed by atoms with Gasteiger partial charge < -0.3 is 9.88 Å². The highest BCUT2D eigenvalue weighted by atomic mass is 32.2. The number of halogens is 2. The number of nitrogens with zero attached hydrogens (tertiary/aromatic N) is 2. The van der Waals surface area contributed by atoms with E-state index in [2.05, 4.69) is 15.5 Å². The second-order valence-corrected chi connectivity index (χ2v) is 8.86. The zero-order valence-electron chi connectivity index (χ0n) is 17.0. The average Bonchev–Trinajstić information content (AvgIpc) is 3.45. The predicted molar refractivity (Wildman–Crippen MR) is 115 cm³/mol. The van der Waals surface area contributed by atoms with Gasteiger partial charge in [-0.3, -0.25) is 9.89 Å². The van der Waals surface area contributed by atoms with Crippen molar-refractivity contribution in [3.05, 3.63) is 76.7 Å². The largest absolute Gasteiger partial charge is 0.344 e. The van der Waals surface area contributed by atoms with Crippen molar-refractivity contribution in [1.82, 2.24) is 20.1 Å². The number of fused-ring (bicyclic) bond motifs is 2. The molecule has 8 heteroatoms. The topological polar surface area (TPSA) is 62.7 Å². The van der Waals surface area contributed by atoms with Crippen molar-refractivity contribution in [2.24, 2.45) is 7.05 Å². The summed E-state index contributed by atoms with van der Waals surface area (Å²) >= 11 is 1.57. The van der Waals surface area contributed by atoms with E-state index in [-0.39, 0.29) is 11.5 Å². The smallest absolute Gasteiger partial charge is 0.268 e. The lowest BCUT2D eigenvalue weighted by atomic mass is 10.1. The van der Waals surface area contributed by atoms with Crippen molar-refractivity contribution in [3.8, 4) is 0 Å². The molecule has 4 aromatic rings. The fourth-order valence-corrected chi connectivity index (χ4v) is 5.18. The van der Waals surface area contributed by atoms with Gasteiger partial charge in [0.05, 0.1) is 17.8 Å². The summed E-state index contributed by atoms with van der Waals surface area (Å²) in [6, 6.07) is 9.59. The molecule has 1 amide bonds. The van der Waals surface area contributed by atoms with Crippen LogP contribution in [-0.2, 0) is 13.5 Å². The van der Waals surface area contributed by atoms with Gasteiger partial charge in [-0.05, 0) is 61.7 Å². The molecule has 2 heterocycles. The summed E-state index contributed by atoms with van der Waals surface area (Å²) in [5, 5.41) is 10.9. The summed E-state index contributed by atoms with van der Waals surface area (Å²) < 4.78 is 30.2. The first kappa shape index (κ1) is 19.8. The Balaban J connectivity index is 1.39. The number of aromatic nitrogens is 3. The van der Waals surface area contributed by atoms with Crippen LogP contribution in [0.25, 0.3) is 10.9 Å². The van der Waals surface area contributed by atoms with Crippen LogP contribution in [-0.4, -0.2) is 20.7 Å². The van der Waals surface area contributed by atoms with Gasteiger partial charge in [-0.15, -0.1) is 0 Å². The molecule has 1 atom stereocenters. The maximum absolute atomic E-state index is 14.3. The molecule has 0 radical (unpaired) electrons. The molecule has 158 valence electrons. The summed E-state index contributed by atoms with van der Waals surface area (Å²) in [5.74, 6) is -1.20. The van der Waals surface area contributed by atoms with Crippen molar-refractivity contribution < 1.29 is 13.6 Å². The molecule has 2 N–H and O–H groups in total. The normalized spacial score (nSPS) is 15.4. The monoisotopic (exact) mass is 438 g/mol. The van der Waals surface area contributed by atoms with Gasteiger partial charge in [0.25, 0.3) is 5.91 Å². The minimum Gasteiger partial charge on any atom is -0.344 e. The van der Waals surface area contributed by atoms with E-state index in [1.807, 2.05) is 42.8 Å². The number of benzene rings is 2. The van der Waals surface area contributed by atoms with Crippen molar-refractivity contribution in [2.75, 3.05) is 0 Å². The Morgan fingerprint density at radius 2 is 2.03 bits per heavy atom. The van der Waals surface area contributed by atoms with Gasteiger partial charge in [0, 0.05) is 33.5 Å². The molecular weight excluding hydrogens is 418 g/mol. The molecule has 5 rings (SSSR count). The molecule has 0 fully saturated rings. The molecule has 5 nitrogen and oxygen atoms in total. The highest BCUT2D eigenvalue weighted by Gasteiger charge is 2.30. The number of hydrogen-bond acceptors (Lipinski definition) is 3. The Kier molecular flexibility index (Phi) is 4.81. The maximum Gasteiger partial charge on any atom is 0.268 e. The first-order valence-electron chi connectivity index (χ1n) is 9.97. The van der Waals surface area contributed by atoms with E-state index >= 15 is 0 Å². The zero-order valence-corrected chi connectivity index (χ0v) is 17.8. The first-order valence-corrected chi connectivity index (χ1v) is 10.8. The molecule has 0 aliphatic heterocycles. The fourth-order valence-electron chi connectivity index (χ4n) is 4.15. The Bertz CT molecular complexity index is 1330. The third-order valence-electron chi connectivity index (χ3n) is 5.94. The van der Waals surface area contributed by atoms with Crippen molar-refractivity contribution in [2.45, 2.75) is 35.6 Å². The highest BCUT2D eigenvalue weighted by Crippen LogP contribution is 2.36. The fraction of sp³-hybridized carbons (Fsp3) is 0.217. The van der Waals surface area contributed by atoms with Gasteiger partial charge >= 0.3 is 0 Å². The molecule has 0 bridgehead atoms. The quantitative estimate of drug-likeness (QED) is 0.468. The number of amides is 1. The van der Waals surface area contributed by atoms with Crippen LogP contribution in [0.4, 0.5) is 8.78 Å². The van der Waals surface area contributed by atoms with E-state index in [9.17, 15) is 13.6 Å². The molecule has 0 spiro atoms. The third-order valence-corrected chi connectivity index (χ3v) is 7.07. The number of rotatable bonds is 4. The van der Waals surface area contributed by atoms with Gasteiger partial charge in [0.2, 0.25) is 0 Å². The molecule has 1 aliphatic carbocycles. The van der Waals surface area contributed by atoms with Gasteiger partial charge in [0.15, 0.2) is 0 Å². The Hall–Kier alpha value is -3.13. The van der Waals surface area contributed by atoms with Crippen LogP contribution in [0.2, 0.25) is 0 Å². The first-order chi connectivity index (χ1) is 14.9. The Morgan fingerprint density at radius 1 is 1.23 bits per heavy atom. The lowest BCUT2D eigenvalue weighted by Crippen LogP contribution is -2.29. The molecule has 2 aromatic heterocycles. The highest BCUT2D eigenvalue weighted by molar-refractivity contribution is 7.99. The van der Waals surface area contributed by atoms with Crippen LogP contribution in [0.1, 0.15) is 39.8 Å². The number of carbonyl (C=O) groups excluding carboxylic acids is 1. The summed E-state index contributed by atoms with van der Waals surface area (Å²) in [7, 11) is 1.83. The van der Waals surface area contributed by atoms with Crippen LogP contribution in [0, 0.1) is 18.6 Å². The van der Waals surface area contributed by atoms with Gasteiger partial charge in [0.1, 0.15) is 17.3 Å². The number of carbonyl (C=O) groups is 1. The predicted octanol–water partition coefficient (Wildman–Crippen LogP) is 5.06. The van der Waals surface area contributed by atoms with Crippen LogP contribution in [0.3, 0.4) is 0 Å². The van der Waals surface area contributed by atoms with E-state index in [1.54, 1.807) is 18.0 Å². The Morgan fingerprint density at radius 3 is 2.87 bits per heavy atom. The third kappa shape index (κ3) is 3.40. The maximum atomic E-state index is 14.3. The van der Waals surface area contributed by atoms with Crippen LogP contribution >= 0.6 is 11.8 Å². The Labute approximate surface area is 181 Å². The van der Waals surface area contributed by atoms with Gasteiger partial charge in [-0.2, -0.15) is 5.10 Å². The number of aromatic amines is 1. The lowest BCUT2D eigenvalue weighted by Gasteiger charge is -2.15. The zero-order chi connectivity index (χ0) is 21.7. The number of nitrogens with one attached hydrogen (secondary N) is 2. The molecule has 0 saturated heterocycles. The summed E-state index contributed by atoms with van der Waals surface area (Å²) in [6.45, 7) is 1.95. The summed E-state index contributed by atoms with van der Waals surface area (Å²) in [5.41, 5.74) is 3.03. The minimum absolute atomic E-state index is 0.266. The molecule has 1 unspecified atom stereocenters. The average molecular weight is 439 g/mol. The SMILES string of the molecule is Cc1c(Sc2ccc3[nH]ncc3c2)cc(C(=O)NC2CCc3c(F)ccc(F)c32)n1C. The minimum atomic E-state index is -0.534. The van der Waals surface area contributed by atoms with Crippen LogP contribution < -0.4 is 5.32 Å².